The number of nitrogens with one attached hydrogen (secondary N) is 2. The minimum absolute atomic E-state index is 0.293. The third-order valence-corrected chi connectivity index (χ3v) is 3.87. The van der Waals surface area contributed by atoms with Gasteiger partial charge in [0.2, 0.25) is 0 Å². The van der Waals surface area contributed by atoms with Crippen molar-refractivity contribution in [3.63, 3.8) is 0 Å². The first-order valence-electron chi connectivity index (χ1n) is 10.3. The fourth-order valence-corrected chi connectivity index (χ4v) is 2.36. The number of hydrogen-bond donors (Lipinski definition) is 2. The van der Waals surface area contributed by atoms with Gasteiger partial charge in [0.05, 0.1) is 12.3 Å². The molecule has 0 unspecified atom stereocenters. The highest BCUT2D eigenvalue weighted by atomic mass is 16.5. The molecule has 1 aliphatic carbocycles. The molecule has 0 bridgehead atoms. The highest BCUT2D eigenvalue weighted by Gasteiger charge is 2.19. The van der Waals surface area contributed by atoms with Crippen LogP contribution in [-0.4, -0.2) is 15.1 Å². The zero-order chi connectivity index (χ0) is 22.1. The van der Waals surface area contributed by atoms with Gasteiger partial charge in [-0.05, 0) is 38.2 Å². The summed E-state index contributed by atoms with van der Waals surface area (Å²) in [5.41, 5.74) is 1.25. The molecule has 0 aliphatic heterocycles. The Morgan fingerprint density at radius 1 is 1.10 bits per heavy atom. The van der Waals surface area contributed by atoms with Crippen molar-refractivity contribution in [1.82, 2.24) is 15.1 Å². The zero-order valence-electron chi connectivity index (χ0n) is 18.5. The minimum atomic E-state index is -0.344. The van der Waals surface area contributed by atoms with E-state index < -0.39 is 0 Å². The van der Waals surface area contributed by atoms with E-state index in [1.807, 2.05) is 27.7 Å². The Morgan fingerprint density at radius 3 is 2.21 bits per heavy atom. The van der Waals surface area contributed by atoms with Crippen LogP contribution in [0.3, 0.4) is 0 Å². The van der Waals surface area contributed by atoms with Crippen LogP contribution in [0.15, 0.2) is 68.5 Å². The lowest BCUT2D eigenvalue weighted by molar-refractivity contribution is 0.374. The van der Waals surface area contributed by atoms with Crippen molar-refractivity contribution in [1.29, 1.82) is 0 Å². The van der Waals surface area contributed by atoms with Crippen LogP contribution in [0.5, 0.6) is 0 Å². The van der Waals surface area contributed by atoms with Crippen molar-refractivity contribution in [2.45, 2.75) is 60.8 Å². The van der Waals surface area contributed by atoms with Gasteiger partial charge in [-0.25, -0.2) is 4.98 Å². The van der Waals surface area contributed by atoms with Crippen molar-refractivity contribution in [3.8, 4) is 11.5 Å². The van der Waals surface area contributed by atoms with E-state index >= 15 is 0 Å². The molecular weight excluding hydrogens is 366 g/mol. The monoisotopic (exact) mass is 401 g/mol. The highest BCUT2D eigenvalue weighted by Crippen LogP contribution is 2.33. The maximum Gasteiger partial charge on any atom is 0.280 e. The van der Waals surface area contributed by atoms with Crippen molar-refractivity contribution < 1.29 is 4.52 Å². The molecule has 3 rings (SSSR count). The number of rotatable bonds is 4. The summed E-state index contributed by atoms with van der Waals surface area (Å²) in [4.78, 5) is 27.5. The molecule has 0 saturated heterocycles. The summed E-state index contributed by atoms with van der Waals surface area (Å²) in [6.07, 6.45) is 17.5. The molecule has 6 nitrogen and oxygen atoms in total. The summed E-state index contributed by atoms with van der Waals surface area (Å²) in [6.45, 7) is 12.1. The molecule has 160 valence electrons. The highest BCUT2D eigenvalue weighted by molar-refractivity contribution is 5.48. The Kier molecular flexibility index (Phi) is 14.5. The normalized spacial score (nSPS) is 13.5. The predicted molar refractivity (Wildman–Crippen MR) is 121 cm³/mol. The maximum absolute atomic E-state index is 10.7. The predicted octanol–water partition coefficient (Wildman–Crippen LogP) is 5.64. The zero-order valence-corrected chi connectivity index (χ0v) is 18.5. The van der Waals surface area contributed by atoms with E-state index in [-0.39, 0.29) is 11.1 Å². The maximum atomic E-state index is 10.7. The van der Waals surface area contributed by atoms with Crippen molar-refractivity contribution in [3.05, 3.63) is 75.1 Å². The van der Waals surface area contributed by atoms with E-state index in [0.717, 1.165) is 12.1 Å². The van der Waals surface area contributed by atoms with Crippen LogP contribution in [0.1, 0.15) is 60.8 Å². The lowest BCUT2D eigenvalue weighted by Crippen LogP contribution is -2.12. The molecular formula is C23H35N3O3. The smallest absolute Gasteiger partial charge is 0.280 e. The van der Waals surface area contributed by atoms with Gasteiger partial charge in [0.15, 0.2) is 5.76 Å². The molecule has 2 aromatic rings. The molecule has 0 amide bonds. The average Bonchev–Trinajstić information content (AvgIpc) is 3.15. The van der Waals surface area contributed by atoms with Gasteiger partial charge >= 0.3 is 0 Å². The summed E-state index contributed by atoms with van der Waals surface area (Å²) in [7, 11) is 0. The third-order valence-electron chi connectivity index (χ3n) is 3.87. The van der Waals surface area contributed by atoms with Crippen LogP contribution in [0.4, 0.5) is 0 Å². The largest absolute Gasteiger partial charge is 0.377 e. The lowest BCUT2D eigenvalue weighted by atomic mass is 9.79. The van der Waals surface area contributed by atoms with Crippen LogP contribution in [0.25, 0.3) is 11.5 Å². The van der Waals surface area contributed by atoms with Crippen LogP contribution in [0, 0.1) is 5.92 Å². The molecule has 1 aliphatic rings. The second-order valence-electron chi connectivity index (χ2n) is 5.69. The summed E-state index contributed by atoms with van der Waals surface area (Å²) in [5, 5.41) is 2.12. The third kappa shape index (κ3) is 9.74. The second-order valence-corrected chi connectivity index (χ2v) is 5.69. The second kappa shape index (κ2) is 16.1. The fourth-order valence-electron chi connectivity index (χ4n) is 2.36. The number of aromatic nitrogens is 3. The molecule has 1 saturated carbocycles. The number of allylic oxidation sites excluding steroid dienone is 6. The Bertz CT molecular complexity index is 845. The van der Waals surface area contributed by atoms with E-state index in [1.54, 1.807) is 0 Å². The molecule has 0 spiro atoms. The van der Waals surface area contributed by atoms with Crippen molar-refractivity contribution >= 4 is 0 Å². The Labute approximate surface area is 173 Å². The van der Waals surface area contributed by atoms with Gasteiger partial charge in [-0.15, -0.1) is 0 Å². The topological polar surface area (TPSA) is 91.8 Å². The molecule has 0 aromatic carbocycles. The average molecular weight is 402 g/mol. The first-order valence-corrected chi connectivity index (χ1v) is 10.3. The van der Waals surface area contributed by atoms with Crippen molar-refractivity contribution in [2.75, 3.05) is 0 Å². The quantitative estimate of drug-likeness (QED) is 0.649. The molecule has 2 heterocycles. The molecule has 6 heteroatoms. The molecule has 0 radical (unpaired) electrons. The molecule has 2 N–H and O–H groups in total. The van der Waals surface area contributed by atoms with Gasteiger partial charge in [-0.3, -0.25) is 9.59 Å². The van der Waals surface area contributed by atoms with Gasteiger partial charge in [-0.1, -0.05) is 64.5 Å². The van der Waals surface area contributed by atoms with Crippen LogP contribution in [-0.2, 0) is 0 Å². The first kappa shape index (κ1) is 26.1. The van der Waals surface area contributed by atoms with E-state index in [9.17, 15) is 9.59 Å². The van der Waals surface area contributed by atoms with Crippen LogP contribution in [0.2, 0.25) is 0 Å². The Morgan fingerprint density at radius 2 is 1.79 bits per heavy atom. The van der Waals surface area contributed by atoms with E-state index in [2.05, 4.69) is 59.4 Å². The number of nitrogens with zero attached hydrogens (tertiary/aromatic N) is 1. The van der Waals surface area contributed by atoms with Gasteiger partial charge in [0, 0.05) is 6.20 Å². The Hall–Kier alpha value is -2.89. The summed E-state index contributed by atoms with van der Waals surface area (Å²) < 4.78 is 4.77. The van der Waals surface area contributed by atoms with Gasteiger partial charge in [-0.2, -0.15) is 5.16 Å². The minimum Gasteiger partial charge on any atom is -0.377 e. The first-order chi connectivity index (χ1) is 14.1. The Balaban J connectivity index is 0.000000463. The van der Waals surface area contributed by atoms with Gasteiger partial charge in [0.25, 0.3) is 11.1 Å². The van der Waals surface area contributed by atoms with E-state index in [4.69, 9.17) is 4.52 Å². The van der Waals surface area contributed by atoms with Crippen molar-refractivity contribution in [2.24, 2.45) is 5.92 Å². The fraction of sp³-hybridized carbons (Fsp3) is 0.435. The number of aromatic amines is 2. The number of hydrogen-bond acceptors (Lipinski definition) is 4. The van der Waals surface area contributed by atoms with Gasteiger partial charge < -0.3 is 9.51 Å². The van der Waals surface area contributed by atoms with E-state index in [1.165, 1.54) is 37.1 Å². The SMILES string of the molecule is CC.CC.C\C=C/C=C(\C=C/C)C1CCC1.O=c1cnc(-c2cc(=O)[nH]o2)c[nH]1. The molecule has 0 atom stereocenters. The van der Waals surface area contributed by atoms with E-state index in [0.29, 0.717) is 11.5 Å². The summed E-state index contributed by atoms with van der Waals surface area (Å²) >= 11 is 0. The lowest BCUT2D eigenvalue weighted by Gasteiger charge is -2.26. The standard InChI is InChI=1S/C12H18.C7H5N3O3.2C2H6/c1-3-5-8-11(7-4-2)12-9-6-10-12;11-6-1-5(13-10-6)4-2-9-7(12)3-8-4;2*1-2/h3-5,7-8,12H,6,9-10H2,1-2H3;1-3H,(H,9,12)(H,10,11);2*1-2H3/b5-3-,7-4-,11-8+;;;. The summed E-state index contributed by atoms with van der Waals surface area (Å²) in [6, 6.07) is 1.25. The van der Waals surface area contributed by atoms with Crippen LogP contribution >= 0.6 is 0 Å². The van der Waals surface area contributed by atoms with Gasteiger partial charge in [0.1, 0.15) is 5.69 Å². The molecule has 2 aromatic heterocycles. The molecule has 1 fully saturated rings. The van der Waals surface area contributed by atoms with Crippen LogP contribution < -0.4 is 11.1 Å². The molecule has 29 heavy (non-hydrogen) atoms. The summed E-state index contributed by atoms with van der Waals surface area (Å²) in [5.74, 6) is 1.14. The number of H-pyrrole nitrogens is 2.